The molecule has 0 spiro atoms. The lowest BCUT2D eigenvalue weighted by molar-refractivity contribution is -0.131. The Hall–Kier alpha value is -3.10. The Labute approximate surface area is 176 Å². The van der Waals surface area contributed by atoms with E-state index in [9.17, 15) is 19.2 Å². The van der Waals surface area contributed by atoms with Crippen molar-refractivity contribution in [2.24, 2.45) is 5.73 Å². The van der Waals surface area contributed by atoms with Gasteiger partial charge in [0, 0.05) is 18.8 Å². The molecule has 30 heavy (non-hydrogen) atoms. The summed E-state index contributed by atoms with van der Waals surface area (Å²) >= 11 is 0. The van der Waals surface area contributed by atoms with E-state index in [1.807, 2.05) is 45.9 Å². The first-order valence-electron chi connectivity index (χ1n) is 10.2. The SMILES string of the molecule is CC(C)c1cccc(C(C)C)c1NC(=O)CN1C(=O)[C@H]2CN(C(N)=O)CCN2C1=O. The van der Waals surface area contributed by atoms with Crippen molar-refractivity contribution in [2.75, 3.05) is 31.5 Å². The Bertz CT molecular complexity index is 856. The van der Waals surface area contributed by atoms with Gasteiger partial charge in [0.2, 0.25) is 5.91 Å². The van der Waals surface area contributed by atoms with Gasteiger partial charge < -0.3 is 20.9 Å². The number of rotatable bonds is 5. The van der Waals surface area contributed by atoms with E-state index in [1.165, 1.54) is 9.80 Å². The van der Waals surface area contributed by atoms with Crippen molar-refractivity contribution in [2.45, 2.75) is 45.6 Å². The quantitative estimate of drug-likeness (QED) is 0.715. The van der Waals surface area contributed by atoms with Crippen molar-refractivity contribution in [3.05, 3.63) is 29.3 Å². The molecule has 0 bridgehead atoms. The fourth-order valence-electron chi connectivity index (χ4n) is 4.02. The zero-order chi connectivity index (χ0) is 22.2. The first-order valence-corrected chi connectivity index (χ1v) is 10.2. The summed E-state index contributed by atoms with van der Waals surface area (Å²) < 4.78 is 0. The third-order valence-corrected chi connectivity index (χ3v) is 5.66. The van der Waals surface area contributed by atoms with Crippen LogP contribution in [0.5, 0.6) is 0 Å². The number of carbonyl (C=O) groups excluding carboxylic acids is 4. The van der Waals surface area contributed by atoms with E-state index >= 15 is 0 Å². The average molecular weight is 415 g/mol. The summed E-state index contributed by atoms with van der Waals surface area (Å²) in [5, 5.41) is 2.93. The molecule has 2 aliphatic rings. The Balaban J connectivity index is 1.77. The number of benzene rings is 1. The number of nitrogens with two attached hydrogens (primary N) is 1. The molecule has 0 radical (unpaired) electrons. The topological polar surface area (TPSA) is 116 Å². The second-order valence-electron chi connectivity index (χ2n) is 8.37. The second-order valence-corrected chi connectivity index (χ2v) is 8.37. The van der Waals surface area contributed by atoms with Crippen molar-refractivity contribution in [1.29, 1.82) is 0 Å². The number of piperazine rings is 1. The molecular weight excluding hydrogens is 386 g/mol. The van der Waals surface area contributed by atoms with E-state index in [2.05, 4.69) is 5.32 Å². The smallest absolute Gasteiger partial charge is 0.328 e. The molecule has 162 valence electrons. The molecule has 2 fully saturated rings. The summed E-state index contributed by atoms with van der Waals surface area (Å²) in [6.07, 6.45) is 0. The molecule has 2 saturated heterocycles. The van der Waals surface area contributed by atoms with Crippen LogP contribution in [-0.2, 0) is 9.59 Å². The van der Waals surface area contributed by atoms with E-state index in [0.717, 1.165) is 21.7 Å². The number of nitrogens with one attached hydrogen (secondary N) is 1. The minimum Gasteiger partial charge on any atom is -0.351 e. The molecule has 0 unspecified atom stereocenters. The Morgan fingerprint density at radius 1 is 1.10 bits per heavy atom. The molecule has 1 atom stereocenters. The largest absolute Gasteiger partial charge is 0.351 e. The fraction of sp³-hybridized carbons (Fsp3) is 0.524. The van der Waals surface area contributed by atoms with Gasteiger partial charge in [0.05, 0.1) is 6.54 Å². The molecular formula is C21H29N5O4. The molecule has 1 aromatic rings. The number of amides is 6. The molecule has 0 aromatic heterocycles. The predicted molar refractivity (Wildman–Crippen MR) is 112 cm³/mol. The minimum absolute atomic E-state index is 0.0473. The van der Waals surface area contributed by atoms with Gasteiger partial charge in [-0.2, -0.15) is 0 Å². The van der Waals surface area contributed by atoms with Crippen molar-refractivity contribution in [1.82, 2.24) is 14.7 Å². The van der Waals surface area contributed by atoms with Gasteiger partial charge in [-0.25, -0.2) is 9.59 Å². The standard InChI is InChI=1S/C21H29N5O4/c1-12(2)14-6-5-7-15(13(3)4)18(14)23-17(27)11-26-19(28)16-10-24(20(22)29)8-9-25(16)21(26)30/h5-7,12-13,16H,8-11H2,1-4H3,(H2,22,29)(H,23,27)/t16-/m1/s1. The number of anilines is 1. The second kappa shape index (κ2) is 8.33. The number of para-hydroxylation sites is 1. The van der Waals surface area contributed by atoms with Gasteiger partial charge in [-0.1, -0.05) is 45.9 Å². The molecule has 9 heteroatoms. The fourth-order valence-corrected chi connectivity index (χ4v) is 4.02. The predicted octanol–water partition coefficient (Wildman–Crippen LogP) is 1.90. The number of hydrogen-bond acceptors (Lipinski definition) is 4. The van der Waals surface area contributed by atoms with E-state index in [4.69, 9.17) is 5.73 Å². The summed E-state index contributed by atoms with van der Waals surface area (Å²) in [6, 6.07) is 3.98. The Morgan fingerprint density at radius 3 is 2.23 bits per heavy atom. The first-order chi connectivity index (χ1) is 14.1. The molecule has 9 nitrogen and oxygen atoms in total. The van der Waals surface area contributed by atoms with Crippen LogP contribution in [0.3, 0.4) is 0 Å². The van der Waals surface area contributed by atoms with Crippen LogP contribution in [0.4, 0.5) is 15.3 Å². The van der Waals surface area contributed by atoms with Crippen LogP contribution in [-0.4, -0.2) is 70.8 Å². The average Bonchev–Trinajstić information content (AvgIpc) is 2.92. The normalized spacial score (nSPS) is 19.0. The van der Waals surface area contributed by atoms with Crippen LogP contribution in [0, 0.1) is 0 Å². The summed E-state index contributed by atoms with van der Waals surface area (Å²) in [5.41, 5.74) is 8.05. The summed E-state index contributed by atoms with van der Waals surface area (Å²) in [4.78, 5) is 53.4. The van der Waals surface area contributed by atoms with Crippen molar-refractivity contribution < 1.29 is 19.2 Å². The highest BCUT2D eigenvalue weighted by molar-refractivity contribution is 6.08. The summed E-state index contributed by atoms with van der Waals surface area (Å²) in [6.45, 7) is 8.34. The molecule has 1 aromatic carbocycles. The lowest BCUT2D eigenvalue weighted by Gasteiger charge is -2.34. The number of carbonyl (C=O) groups is 4. The maximum atomic E-state index is 12.8. The van der Waals surface area contributed by atoms with Gasteiger partial charge >= 0.3 is 12.1 Å². The van der Waals surface area contributed by atoms with Crippen molar-refractivity contribution >= 4 is 29.6 Å². The van der Waals surface area contributed by atoms with Crippen LogP contribution >= 0.6 is 0 Å². The highest BCUT2D eigenvalue weighted by Gasteiger charge is 2.48. The van der Waals surface area contributed by atoms with Crippen molar-refractivity contribution in [3.8, 4) is 0 Å². The van der Waals surface area contributed by atoms with Gasteiger partial charge in [0.25, 0.3) is 5.91 Å². The lowest BCUT2D eigenvalue weighted by Crippen LogP contribution is -2.55. The number of primary amides is 1. The highest BCUT2D eigenvalue weighted by Crippen LogP contribution is 2.32. The monoisotopic (exact) mass is 415 g/mol. The zero-order valence-electron chi connectivity index (χ0n) is 17.8. The molecule has 6 amide bonds. The Kier molecular flexibility index (Phi) is 6.00. The van der Waals surface area contributed by atoms with Crippen molar-refractivity contribution in [3.63, 3.8) is 0 Å². The van der Waals surface area contributed by atoms with Crippen LogP contribution in [0.2, 0.25) is 0 Å². The van der Waals surface area contributed by atoms with E-state index in [-0.39, 0.29) is 38.0 Å². The van der Waals surface area contributed by atoms with Gasteiger partial charge in [0.1, 0.15) is 12.6 Å². The first kappa shape index (κ1) is 21.6. The van der Waals surface area contributed by atoms with Gasteiger partial charge in [-0.15, -0.1) is 0 Å². The third kappa shape index (κ3) is 3.96. The Morgan fingerprint density at radius 2 is 1.70 bits per heavy atom. The molecule has 0 saturated carbocycles. The molecule has 2 heterocycles. The molecule has 2 aliphatic heterocycles. The number of fused-ring (bicyclic) bond motifs is 1. The number of imide groups is 1. The maximum Gasteiger partial charge on any atom is 0.328 e. The van der Waals surface area contributed by atoms with Crippen LogP contribution in [0.15, 0.2) is 18.2 Å². The van der Waals surface area contributed by atoms with Gasteiger partial charge in [0.15, 0.2) is 0 Å². The lowest BCUT2D eigenvalue weighted by atomic mass is 9.92. The van der Waals surface area contributed by atoms with Crippen LogP contribution in [0.1, 0.15) is 50.7 Å². The number of urea groups is 2. The number of nitrogens with zero attached hydrogens (tertiary/aromatic N) is 3. The van der Waals surface area contributed by atoms with Gasteiger partial charge in [-0.3, -0.25) is 14.5 Å². The third-order valence-electron chi connectivity index (χ3n) is 5.66. The van der Waals surface area contributed by atoms with Gasteiger partial charge in [-0.05, 0) is 23.0 Å². The molecule has 3 rings (SSSR count). The van der Waals surface area contributed by atoms with E-state index < -0.39 is 29.9 Å². The van der Waals surface area contributed by atoms with E-state index in [0.29, 0.717) is 0 Å². The minimum atomic E-state index is -0.791. The van der Waals surface area contributed by atoms with Crippen LogP contribution < -0.4 is 11.1 Å². The summed E-state index contributed by atoms with van der Waals surface area (Å²) in [7, 11) is 0. The molecule has 0 aliphatic carbocycles. The maximum absolute atomic E-state index is 12.8. The van der Waals surface area contributed by atoms with Crippen LogP contribution in [0.25, 0.3) is 0 Å². The molecule has 3 N–H and O–H groups in total. The van der Waals surface area contributed by atoms with E-state index in [1.54, 1.807) is 0 Å². The zero-order valence-corrected chi connectivity index (χ0v) is 17.8. The number of hydrogen-bond donors (Lipinski definition) is 2. The highest BCUT2D eigenvalue weighted by atomic mass is 16.2. The summed E-state index contributed by atoms with van der Waals surface area (Å²) in [5.74, 6) is -0.522.